The summed E-state index contributed by atoms with van der Waals surface area (Å²) in [4.78, 5) is 4.36. The number of nitrogens with one attached hydrogen (secondary N) is 2. The molecule has 14 heavy (non-hydrogen) atoms. The normalized spacial score (nSPS) is 18.6. The summed E-state index contributed by atoms with van der Waals surface area (Å²) in [5, 5.41) is 10.2. The first-order valence-electron chi connectivity index (χ1n) is 5.08. The summed E-state index contributed by atoms with van der Waals surface area (Å²) >= 11 is 0. The molecule has 1 aliphatic rings. The topological polar surface area (TPSA) is 63.0 Å². The highest BCUT2D eigenvalue weighted by Gasteiger charge is 2.20. The summed E-state index contributed by atoms with van der Waals surface area (Å²) in [6.45, 7) is 2.78. The van der Waals surface area contributed by atoms with E-state index < -0.39 is 0 Å². The third-order valence-corrected chi connectivity index (χ3v) is 2.51. The van der Waals surface area contributed by atoms with Crippen molar-refractivity contribution >= 4 is 0 Å². The Bertz CT molecular complexity index is 280. The summed E-state index contributed by atoms with van der Waals surface area (Å²) in [7, 11) is 1.88. The van der Waals surface area contributed by atoms with Crippen LogP contribution in [0.2, 0.25) is 0 Å². The molecule has 0 atom stereocenters. The fourth-order valence-electron chi connectivity index (χ4n) is 1.73. The van der Waals surface area contributed by atoms with Gasteiger partial charge in [-0.1, -0.05) is 5.16 Å². The minimum atomic E-state index is 0.453. The number of piperidine rings is 1. The second-order valence-electron chi connectivity index (χ2n) is 3.60. The number of nitrogens with zero attached hydrogens (tertiary/aromatic N) is 2. The highest BCUT2D eigenvalue weighted by atomic mass is 16.5. The van der Waals surface area contributed by atoms with Gasteiger partial charge in [0.1, 0.15) is 0 Å². The van der Waals surface area contributed by atoms with Gasteiger partial charge in [0.05, 0.1) is 6.54 Å². The second-order valence-corrected chi connectivity index (χ2v) is 3.60. The highest BCUT2D eigenvalue weighted by Crippen LogP contribution is 2.23. The van der Waals surface area contributed by atoms with E-state index in [9.17, 15) is 0 Å². The molecule has 0 radical (unpaired) electrons. The smallest absolute Gasteiger partial charge is 0.229 e. The highest BCUT2D eigenvalue weighted by molar-refractivity contribution is 4.95. The van der Waals surface area contributed by atoms with Crippen molar-refractivity contribution in [1.82, 2.24) is 20.8 Å². The summed E-state index contributed by atoms with van der Waals surface area (Å²) in [6.07, 6.45) is 2.20. The van der Waals surface area contributed by atoms with E-state index in [0.717, 1.165) is 37.6 Å². The molecule has 0 aliphatic carbocycles. The Labute approximate surface area is 83.3 Å². The van der Waals surface area contributed by atoms with E-state index >= 15 is 0 Å². The van der Waals surface area contributed by atoms with Crippen molar-refractivity contribution in [1.29, 1.82) is 0 Å². The molecule has 0 unspecified atom stereocenters. The lowest BCUT2D eigenvalue weighted by Gasteiger charge is -2.18. The van der Waals surface area contributed by atoms with Crippen LogP contribution in [-0.2, 0) is 6.54 Å². The molecule has 2 rings (SSSR count). The van der Waals surface area contributed by atoms with Crippen molar-refractivity contribution in [2.75, 3.05) is 20.1 Å². The van der Waals surface area contributed by atoms with Crippen LogP contribution in [0.5, 0.6) is 0 Å². The van der Waals surface area contributed by atoms with Gasteiger partial charge >= 0.3 is 0 Å². The molecule has 1 aromatic rings. The van der Waals surface area contributed by atoms with Crippen molar-refractivity contribution in [2.24, 2.45) is 0 Å². The zero-order valence-electron chi connectivity index (χ0n) is 8.42. The SMILES string of the molecule is CNCc1noc(C2CCNCC2)n1. The lowest BCUT2D eigenvalue weighted by molar-refractivity contribution is 0.318. The Morgan fingerprint density at radius 2 is 2.29 bits per heavy atom. The Balaban J connectivity index is 2.00. The third-order valence-electron chi connectivity index (χ3n) is 2.51. The van der Waals surface area contributed by atoms with Crippen molar-refractivity contribution in [3.8, 4) is 0 Å². The first-order valence-corrected chi connectivity index (χ1v) is 5.08. The number of aromatic nitrogens is 2. The average molecular weight is 196 g/mol. The van der Waals surface area contributed by atoms with Crippen molar-refractivity contribution in [3.63, 3.8) is 0 Å². The van der Waals surface area contributed by atoms with Crippen molar-refractivity contribution in [3.05, 3.63) is 11.7 Å². The van der Waals surface area contributed by atoms with Gasteiger partial charge in [0.2, 0.25) is 5.89 Å². The molecule has 0 saturated carbocycles. The van der Waals surface area contributed by atoms with E-state index in [1.807, 2.05) is 7.05 Å². The fourth-order valence-corrected chi connectivity index (χ4v) is 1.73. The molecule has 1 fully saturated rings. The zero-order valence-corrected chi connectivity index (χ0v) is 8.42. The molecule has 0 bridgehead atoms. The number of hydrogen-bond donors (Lipinski definition) is 2. The largest absolute Gasteiger partial charge is 0.339 e. The molecule has 2 N–H and O–H groups in total. The average Bonchev–Trinajstić information content (AvgIpc) is 2.68. The van der Waals surface area contributed by atoms with Crippen LogP contribution in [0.25, 0.3) is 0 Å². The van der Waals surface area contributed by atoms with Crippen LogP contribution in [0.15, 0.2) is 4.52 Å². The summed E-state index contributed by atoms with van der Waals surface area (Å²) < 4.78 is 5.23. The van der Waals surface area contributed by atoms with Crippen LogP contribution in [0, 0.1) is 0 Å². The molecular formula is C9H16N4O. The molecule has 0 spiro atoms. The molecule has 0 amide bonds. The summed E-state index contributed by atoms with van der Waals surface area (Å²) in [5.41, 5.74) is 0. The molecule has 5 heteroatoms. The van der Waals surface area contributed by atoms with Gasteiger partial charge in [-0.3, -0.25) is 0 Å². The minimum Gasteiger partial charge on any atom is -0.339 e. The molecule has 1 aromatic heterocycles. The second kappa shape index (κ2) is 4.52. The van der Waals surface area contributed by atoms with E-state index in [-0.39, 0.29) is 0 Å². The van der Waals surface area contributed by atoms with E-state index in [1.165, 1.54) is 0 Å². The van der Waals surface area contributed by atoms with Gasteiger partial charge in [0, 0.05) is 5.92 Å². The van der Waals surface area contributed by atoms with Crippen LogP contribution in [-0.4, -0.2) is 30.3 Å². The van der Waals surface area contributed by atoms with Crippen LogP contribution >= 0.6 is 0 Å². The maximum atomic E-state index is 5.23. The van der Waals surface area contributed by atoms with Crippen LogP contribution in [0.3, 0.4) is 0 Å². The minimum absolute atomic E-state index is 0.453. The standard InChI is InChI=1S/C9H16N4O/c1-10-6-8-12-9(14-13-8)7-2-4-11-5-3-7/h7,10-11H,2-6H2,1H3. The Hall–Kier alpha value is -0.940. The predicted octanol–water partition coefficient (Wildman–Crippen LogP) is 0.256. The van der Waals surface area contributed by atoms with Gasteiger partial charge in [-0.05, 0) is 33.0 Å². The van der Waals surface area contributed by atoms with Gasteiger partial charge < -0.3 is 15.2 Å². The van der Waals surface area contributed by atoms with E-state index in [1.54, 1.807) is 0 Å². The third kappa shape index (κ3) is 2.10. The van der Waals surface area contributed by atoms with Crippen molar-refractivity contribution < 1.29 is 4.52 Å². The molecule has 0 aromatic carbocycles. The Morgan fingerprint density at radius 3 is 3.00 bits per heavy atom. The molecule has 1 saturated heterocycles. The van der Waals surface area contributed by atoms with Crippen LogP contribution < -0.4 is 10.6 Å². The maximum absolute atomic E-state index is 5.23. The summed E-state index contributed by atoms with van der Waals surface area (Å²) in [5.74, 6) is 2.01. The van der Waals surface area contributed by atoms with E-state index in [2.05, 4.69) is 20.8 Å². The number of hydrogen-bond acceptors (Lipinski definition) is 5. The van der Waals surface area contributed by atoms with E-state index in [0.29, 0.717) is 12.5 Å². The number of rotatable bonds is 3. The molecular weight excluding hydrogens is 180 g/mol. The van der Waals surface area contributed by atoms with Crippen LogP contribution in [0.4, 0.5) is 0 Å². The molecule has 5 nitrogen and oxygen atoms in total. The fraction of sp³-hybridized carbons (Fsp3) is 0.778. The van der Waals surface area contributed by atoms with Crippen molar-refractivity contribution in [2.45, 2.75) is 25.3 Å². The first-order chi connectivity index (χ1) is 6.90. The molecule has 2 heterocycles. The lowest BCUT2D eigenvalue weighted by Crippen LogP contribution is -2.26. The van der Waals surface area contributed by atoms with Gasteiger partial charge in [-0.2, -0.15) is 4.98 Å². The Morgan fingerprint density at radius 1 is 1.50 bits per heavy atom. The monoisotopic (exact) mass is 196 g/mol. The quantitative estimate of drug-likeness (QED) is 0.726. The first kappa shape index (κ1) is 9.61. The zero-order chi connectivity index (χ0) is 9.80. The van der Waals surface area contributed by atoms with E-state index in [4.69, 9.17) is 4.52 Å². The summed E-state index contributed by atoms with van der Waals surface area (Å²) in [6, 6.07) is 0. The predicted molar refractivity (Wildman–Crippen MR) is 51.9 cm³/mol. The molecule has 1 aliphatic heterocycles. The van der Waals surface area contributed by atoms with Gasteiger partial charge in [-0.15, -0.1) is 0 Å². The lowest BCUT2D eigenvalue weighted by atomic mass is 9.98. The van der Waals surface area contributed by atoms with Crippen LogP contribution in [0.1, 0.15) is 30.5 Å². The Kier molecular flexibility index (Phi) is 3.10. The van der Waals surface area contributed by atoms with Gasteiger partial charge in [0.15, 0.2) is 5.82 Å². The molecule has 78 valence electrons. The van der Waals surface area contributed by atoms with Gasteiger partial charge in [-0.25, -0.2) is 0 Å². The van der Waals surface area contributed by atoms with Gasteiger partial charge in [0.25, 0.3) is 0 Å². The maximum Gasteiger partial charge on any atom is 0.229 e.